The largest absolute Gasteiger partial charge is 0.330 e. The predicted molar refractivity (Wildman–Crippen MR) is 68.3 cm³/mol. The molecule has 7 heteroatoms. The molecular formula is C10H13ClN4OS. The zero-order chi connectivity index (χ0) is 12.4. The minimum Gasteiger partial charge on any atom is -0.330 e. The van der Waals surface area contributed by atoms with Gasteiger partial charge in [-0.1, -0.05) is 23.4 Å². The van der Waals surface area contributed by atoms with Crippen molar-refractivity contribution in [1.82, 2.24) is 9.97 Å². The topological polar surface area (TPSA) is 72.1 Å². The van der Waals surface area contributed by atoms with Gasteiger partial charge in [-0.05, 0) is 18.7 Å². The van der Waals surface area contributed by atoms with Crippen molar-refractivity contribution in [2.45, 2.75) is 11.6 Å². The van der Waals surface area contributed by atoms with Crippen LogP contribution in [-0.4, -0.2) is 35.2 Å². The summed E-state index contributed by atoms with van der Waals surface area (Å²) in [7, 11) is 0. The van der Waals surface area contributed by atoms with Gasteiger partial charge in [0.2, 0.25) is 5.91 Å². The van der Waals surface area contributed by atoms with Crippen LogP contribution in [0.3, 0.4) is 0 Å². The molecule has 0 saturated carbocycles. The number of halogens is 1. The first kappa shape index (κ1) is 12.6. The van der Waals surface area contributed by atoms with Gasteiger partial charge in [0, 0.05) is 19.0 Å². The molecule has 2 N–H and O–H groups in total. The Morgan fingerprint density at radius 2 is 2.41 bits per heavy atom. The molecule has 1 amide bonds. The second-order valence-corrected chi connectivity index (χ2v) is 5.01. The second kappa shape index (κ2) is 5.20. The van der Waals surface area contributed by atoms with Gasteiger partial charge in [0.05, 0.1) is 0 Å². The van der Waals surface area contributed by atoms with E-state index < -0.39 is 0 Å². The van der Waals surface area contributed by atoms with E-state index in [2.05, 4.69) is 9.97 Å². The Morgan fingerprint density at radius 1 is 1.65 bits per heavy atom. The summed E-state index contributed by atoms with van der Waals surface area (Å²) in [4.78, 5) is 21.8. The maximum absolute atomic E-state index is 11.8. The Kier molecular flexibility index (Phi) is 3.86. The molecule has 1 saturated heterocycles. The number of nitrogens with zero attached hydrogens (tertiary/aromatic N) is 3. The van der Waals surface area contributed by atoms with Gasteiger partial charge < -0.3 is 5.73 Å². The van der Waals surface area contributed by atoms with Crippen molar-refractivity contribution in [3.8, 4) is 0 Å². The van der Waals surface area contributed by atoms with Crippen LogP contribution in [0.4, 0.5) is 5.82 Å². The van der Waals surface area contributed by atoms with Gasteiger partial charge in [0.25, 0.3) is 0 Å². The molecule has 0 bridgehead atoms. The number of nitrogens with two attached hydrogens (primary N) is 1. The molecule has 1 aromatic heterocycles. The number of rotatable bonds is 3. The molecule has 0 radical (unpaired) electrons. The third-order valence-electron chi connectivity index (χ3n) is 2.66. The van der Waals surface area contributed by atoms with E-state index in [9.17, 15) is 4.79 Å². The summed E-state index contributed by atoms with van der Waals surface area (Å²) >= 11 is 7.29. The fraction of sp³-hybridized carbons (Fsp3) is 0.500. The van der Waals surface area contributed by atoms with E-state index >= 15 is 0 Å². The molecule has 5 nitrogen and oxygen atoms in total. The van der Waals surface area contributed by atoms with E-state index in [1.165, 1.54) is 11.8 Å². The summed E-state index contributed by atoms with van der Waals surface area (Å²) in [5.74, 6) is 0.812. The van der Waals surface area contributed by atoms with Crippen molar-refractivity contribution in [2.24, 2.45) is 11.7 Å². The van der Waals surface area contributed by atoms with E-state index in [4.69, 9.17) is 17.3 Å². The Bertz CT molecular complexity index is 442. The summed E-state index contributed by atoms with van der Waals surface area (Å²) in [6.45, 7) is 1.12. The standard InChI is InChI=1S/C10H13ClN4OS/c1-17-10-13-7(11)3-8(14-10)15-5-6(4-12)2-9(15)16/h3,6H,2,4-5,12H2,1H3. The highest BCUT2D eigenvalue weighted by molar-refractivity contribution is 7.98. The Balaban J connectivity index is 2.28. The summed E-state index contributed by atoms with van der Waals surface area (Å²) < 4.78 is 0. The summed E-state index contributed by atoms with van der Waals surface area (Å²) in [6.07, 6.45) is 2.34. The number of carbonyl (C=O) groups is 1. The number of amides is 1. The van der Waals surface area contributed by atoms with E-state index in [0.717, 1.165) is 0 Å². The second-order valence-electron chi connectivity index (χ2n) is 3.85. The average Bonchev–Trinajstić information content (AvgIpc) is 2.69. The quantitative estimate of drug-likeness (QED) is 0.508. The van der Waals surface area contributed by atoms with Crippen LogP contribution in [0.15, 0.2) is 11.2 Å². The first-order valence-corrected chi connectivity index (χ1v) is 6.83. The number of anilines is 1. The van der Waals surface area contributed by atoms with Gasteiger partial charge >= 0.3 is 0 Å². The molecule has 0 spiro atoms. The van der Waals surface area contributed by atoms with Gasteiger partial charge in [0.15, 0.2) is 5.16 Å². The molecule has 1 fully saturated rings. The van der Waals surface area contributed by atoms with Crippen molar-refractivity contribution < 1.29 is 4.79 Å². The monoisotopic (exact) mass is 272 g/mol. The number of carbonyl (C=O) groups excluding carboxylic acids is 1. The van der Waals surface area contributed by atoms with Crippen LogP contribution >= 0.6 is 23.4 Å². The van der Waals surface area contributed by atoms with Crippen LogP contribution in [-0.2, 0) is 4.79 Å². The van der Waals surface area contributed by atoms with E-state index in [0.29, 0.717) is 35.6 Å². The van der Waals surface area contributed by atoms with Crippen LogP contribution in [0.1, 0.15) is 6.42 Å². The van der Waals surface area contributed by atoms with Crippen LogP contribution in [0.2, 0.25) is 5.15 Å². The first-order valence-electron chi connectivity index (χ1n) is 5.23. The Labute approximate surface area is 109 Å². The molecule has 0 aromatic carbocycles. The molecule has 0 aliphatic carbocycles. The molecule has 17 heavy (non-hydrogen) atoms. The van der Waals surface area contributed by atoms with Gasteiger partial charge in [-0.2, -0.15) is 0 Å². The molecule has 2 rings (SSSR count). The lowest BCUT2D eigenvalue weighted by atomic mass is 10.1. The Hall–Kier alpha value is -0.850. The van der Waals surface area contributed by atoms with Crippen LogP contribution in [0.5, 0.6) is 0 Å². The summed E-state index contributed by atoms with van der Waals surface area (Å²) in [5.41, 5.74) is 5.58. The first-order chi connectivity index (χ1) is 8.13. The van der Waals surface area contributed by atoms with Crippen LogP contribution in [0.25, 0.3) is 0 Å². The van der Waals surface area contributed by atoms with E-state index in [-0.39, 0.29) is 11.8 Å². The average molecular weight is 273 g/mol. The van der Waals surface area contributed by atoms with Crippen LogP contribution in [0, 0.1) is 5.92 Å². The highest BCUT2D eigenvalue weighted by Gasteiger charge is 2.30. The minimum atomic E-state index is 0.0438. The number of hydrogen-bond acceptors (Lipinski definition) is 5. The van der Waals surface area contributed by atoms with Crippen molar-refractivity contribution in [3.05, 3.63) is 11.2 Å². The zero-order valence-electron chi connectivity index (χ0n) is 9.39. The summed E-state index contributed by atoms with van der Waals surface area (Å²) in [5, 5.41) is 0.917. The van der Waals surface area contributed by atoms with Gasteiger partial charge in [0.1, 0.15) is 11.0 Å². The summed E-state index contributed by atoms with van der Waals surface area (Å²) in [6, 6.07) is 1.61. The molecule has 92 valence electrons. The lowest BCUT2D eigenvalue weighted by Crippen LogP contribution is -2.26. The normalized spacial score (nSPS) is 20.1. The molecule has 1 aliphatic rings. The highest BCUT2D eigenvalue weighted by Crippen LogP contribution is 2.26. The maximum atomic E-state index is 11.8. The van der Waals surface area contributed by atoms with Gasteiger partial charge in [-0.25, -0.2) is 9.97 Å². The smallest absolute Gasteiger partial charge is 0.228 e. The van der Waals surface area contributed by atoms with Crippen molar-refractivity contribution >= 4 is 35.1 Å². The fourth-order valence-corrected chi connectivity index (χ4v) is 2.38. The van der Waals surface area contributed by atoms with E-state index in [1.807, 2.05) is 6.26 Å². The van der Waals surface area contributed by atoms with Crippen molar-refractivity contribution in [2.75, 3.05) is 24.2 Å². The maximum Gasteiger partial charge on any atom is 0.228 e. The number of thioether (sulfide) groups is 1. The van der Waals surface area contributed by atoms with Crippen LogP contribution < -0.4 is 10.6 Å². The molecular weight excluding hydrogens is 260 g/mol. The Morgan fingerprint density at radius 3 is 3.00 bits per heavy atom. The molecule has 2 heterocycles. The van der Waals surface area contributed by atoms with Crippen molar-refractivity contribution in [1.29, 1.82) is 0 Å². The highest BCUT2D eigenvalue weighted by atomic mass is 35.5. The lowest BCUT2D eigenvalue weighted by molar-refractivity contribution is -0.117. The SMILES string of the molecule is CSc1nc(Cl)cc(N2CC(CN)CC2=O)n1. The minimum absolute atomic E-state index is 0.0438. The molecule has 1 unspecified atom stereocenters. The third-order valence-corrected chi connectivity index (χ3v) is 3.40. The third kappa shape index (κ3) is 2.70. The molecule has 1 aromatic rings. The lowest BCUT2D eigenvalue weighted by Gasteiger charge is -2.15. The van der Waals surface area contributed by atoms with Gasteiger partial charge in [-0.15, -0.1) is 0 Å². The van der Waals surface area contributed by atoms with E-state index in [1.54, 1.807) is 11.0 Å². The van der Waals surface area contributed by atoms with Crippen molar-refractivity contribution in [3.63, 3.8) is 0 Å². The van der Waals surface area contributed by atoms with Gasteiger partial charge in [-0.3, -0.25) is 9.69 Å². The molecule has 1 atom stereocenters. The zero-order valence-corrected chi connectivity index (χ0v) is 11.0. The number of aromatic nitrogens is 2. The fourth-order valence-electron chi connectivity index (χ4n) is 1.78. The molecule has 1 aliphatic heterocycles. The predicted octanol–water partition coefficient (Wildman–Crippen LogP) is 1.16. The number of hydrogen-bond donors (Lipinski definition) is 1.